The van der Waals surface area contributed by atoms with Crippen LogP contribution in [0.1, 0.15) is 2.85 Å². The van der Waals surface area contributed by atoms with Crippen LogP contribution >= 0.6 is 0 Å². The number of quaternary nitrogens is 2. The predicted octanol–water partition coefficient (Wildman–Crippen LogP) is -10.9. The molecule has 0 spiro atoms. The van der Waals surface area contributed by atoms with Crippen LogP contribution in [0.2, 0.25) is 0 Å². The zero-order valence-corrected chi connectivity index (χ0v) is 16.3. The predicted molar refractivity (Wildman–Crippen MR) is 30.0 cm³/mol. The van der Waals surface area contributed by atoms with Gasteiger partial charge in [0.1, 0.15) is 0 Å². The molecule has 0 radical (unpaired) electrons. The van der Waals surface area contributed by atoms with Gasteiger partial charge in [-0.25, -0.2) is 0 Å². The molecule has 0 atom stereocenters. The molecule has 0 unspecified atom stereocenters. The number of hydrogen-bond donors (Lipinski definition) is 2. The van der Waals surface area contributed by atoms with Crippen molar-refractivity contribution in [2.75, 3.05) is 0 Å². The van der Waals surface area contributed by atoms with E-state index in [1.54, 1.807) is 0 Å². The normalized spacial score (nSPS) is 4.46. The fraction of sp³-hybridized carbons (Fsp3) is 0. The molecule has 10 nitrogen and oxygen atoms in total. The van der Waals surface area contributed by atoms with Crippen LogP contribution in [0.5, 0.6) is 0 Å². The van der Waals surface area contributed by atoms with E-state index in [4.69, 9.17) is 14.3 Å². The zero-order valence-electron chi connectivity index (χ0n) is 10.0. The van der Waals surface area contributed by atoms with E-state index in [1.807, 2.05) is 0 Å². The van der Waals surface area contributed by atoms with Gasteiger partial charge in [-0.05, 0) is 0 Å². The first kappa shape index (κ1) is 72.0. The monoisotopic (exact) mass is 350 g/mol. The summed E-state index contributed by atoms with van der Waals surface area (Å²) in [6.07, 6.45) is 0. The van der Waals surface area contributed by atoms with Crippen LogP contribution in [-0.2, 0) is 23.5 Å². The molecule has 0 rings (SSSR count). The summed E-state index contributed by atoms with van der Waals surface area (Å²) in [7, 11) is 0. The van der Waals surface area contributed by atoms with E-state index in [9.17, 15) is 0 Å². The van der Waals surface area contributed by atoms with E-state index < -0.39 is 16.7 Å². The first-order chi connectivity index (χ1) is 2.00. The molecule has 0 fully saturated rings. The molecular weight excluding hydrogens is 330 g/mol. The topological polar surface area (TPSA) is 279 Å². The maximum atomic E-state index is 8.63. The van der Waals surface area contributed by atoms with Crippen molar-refractivity contribution >= 4 is 0 Å². The van der Waals surface area contributed by atoms with Crippen molar-refractivity contribution in [1.82, 2.24) is 12.3 Å². The molecule has 84 valence electrons. The molecule has 0 aromatic carbocycles. The first-order valence-corrected chi connectivity index (χ1v) is 3.94. The molecule has 0 amide bonds. The average Bonchev–Trinajstić information content (AvgIpc) is 0.722. The Labute approximate surface area is 167 Å². The number of rotatable bonds is 0. The van der Waals surface area contributed by atoms with Crippen LogP contribution in [0, 0.1) is 0 Å². The molecule has 0 aliphatic carbocycles. The van der Waals surface area contributed by atoms with Gasteiger partial charge in [-0.2, -0.15) is 0 Å². The second-order valence-electron chi connectivity index (χ2n) is 0.408. The van der Waals surface area contributed by atoms with Gasteiger partial charge in [-0.15, -0.1) is 0 Å². The van der Waals surface area contributed by atoms with E-state index in [1.165, 1.54) is 0 Å². The summed E-state index contributed by atoms with van der Waals surface area (Å²) in [6, 6.07) is 0. The van der Waals surface area contributed by atoms with Gasteiger partial charge in [0.25, 0.3) is 0 Å². The Morgan fingerprint density at radius 2 is 0.769 bits per heavy atom. The molecule has 13 heavy (non-hydrogen) atoms. The molecule has 0 aromatic heterocycles. The van der Waals surface area contributed by atoms with Crippen molar-refractivity contribution in [2.24, 2.45) is 0 Å². The molecule has 13 heteroatoms. The van der Waals surface area contributed by atoms with Crippen molar-refractivity contribution in [2.45, 2.75) is 0 Å². The fourth-order valence-electron chi connectivity index (χ4n) is 0. The van der Waals surface area contributed by atoms with Crippen LogP contribution in [0.15, 0.2) is 0 Å². The standard InChI is InChI=1S/2K.Mo.2H3N.4H2O.4O.2H/h;;;2*1H3;4*1H2;;;;;;/q2*+1;;;;;;;;;;4*-1/p+2. The van der Waals surface area contributed by atoms with Gasteiger partial charge in [0.15, 0.2) is 0 Å². The Hall–Kier alpha value is 3.24. The second-order valence-corrected chi connectivity index (χ2v) is 2.42. The Morgan fingerprint density at radius 3 is 0.769 bits per heavy atom. The summed E-state index contributed by atoms with van der Waals surface area (Å²) in [4.78, 5) is 0. The molecule has 0 aliphatic heterocycles. The van der Waals surface area contributed by atoms with E-state index in [0.717, 1.165) is 0 Å². The fourth-order valence-corrected chi connectivity index (χ4v) is 0. The van der Waals surface area contributed by atoms with E-state index >= 15 is 0 Å². The zero-order chi connectivity index (χ0) is 4.50. The summed E-state index contributed by atoms with van der Waals surface area (Å²) in [6.45, 7) is 0. The van der Waals surface area contributed by atoms with Crippen LogP contribution < -0.4 is 123 Å². The minimum absolute atomic E-state index is 0. The van der Waals surface area contributed by atoms with Gasteiger partial charge in [-0.1, -0.05) is 0 Å². The summed E-state index contributed by atoms with van der Waals surface area (Å²) in [5, 5.41) is 0. The van der Waals surface area contributed by atoms with Crippen LogP contribution in [0.3, 0.4) is 0 Å². The molecule has 16 N–H and O–H groups in total. The molecule has 0 heterocycles. The molecule has 0 saturated heterocycles. The third-order valence-corrected chi connectivity index (χ3v) is 0. The van der Waals surface area contributed by atoms with Crippen molar-refractivity contribution < 1.29 is 159 Å². The van der Waals surface area contributed by atoms with Gasteiger partial charge in [0.2, 0.25) is 0 Å². The van der Waals surface area contributed by atoms with Crippen molar-refractivity contribution in [3.63, 3.8) is 0 Å². The molecule has 0 saturated carbocycles. The Balaban J connectivity index is -0.00000000178. The summed E-state index contributed by atoms with van der Waals surface area (Å²) < 4.78 is 34.5. The molecule has 0 aliphatic rings. The van der Waals surface area contributed by atoms with Gasteiger partial charge in [-0.3, -0.25) is 0 Å². The minimum atomic E-state index is -6.02. The Morgan fingerprint density at radius 1 is 0.769 bits per heavy atom. The Kier molecular flexibility index (Phi) is 200. The summed E-state index contributed by atoms with van der Waals surface area (Å²) >= 11 is -6.02. The van der Waals surface area contributed by atoms with E-state index in [0.29, 0.717) is 0 Å². The molecular formula is H18K2MoN2O8. The van der Waals surface area contributed by atoms with Gasteiger partial charge >= 0.3 is 134 Å². The summed E-state index contributed by atoms with van der Waals surface area (Å²) in [5.41, 5.74) is 0. The van der Waals surface area contributed by atoms with E-state index in [-0.39, 0.29) is 140 Å². The first-order valence-electron chi connectivity index (χ1n) is 0.667. The van der Waals surface area contributed by atoms with E-state index in [2.05, 4.69) is 0 Å². The van der Waals surface area contributed by atoms with Crippen molar-refractivity contribution in [3.05, 3.63) is 0 Å². The summed E-state index contributed by atoms with van der Waals surface area (Å²) in [5.74, 6) is 0. The Bertz CT molecular complexity index is 112. The maximum absolute atomic E-state index is 8.63. The third-order valence-electron chi connectivity index (χ3n) is 0. The SMILES string of the molecule is O.O.O.O.[H-].[H-].[K+].[K+].[NH4+].[NH4+].[O]=[Mo](=[O])([O-])[O-]. The van der Waals surface area contributed by atoms with Crippen molar-refractivity contribution in [3.8, 4) is 0 Å². The van der Waals surface area contributed by atoms with Crippen LogP contribution in [0.25, 0.3) is 0 Å². The van der Waals surface area contributed by atoms with Crippen molar-refractivity contribution in [1.29, 1.82) is 0 Å². The quantitative estimate of drug-likeness (QED) is 0.403. The van der Waals surface area contributed by atoms with Gasteiger partial charge in [0.05, 0.1) is 0 Å². The number of hydrogen-bond acceptors (Lipinski definition) is 4. The van der Waals surface area contributed by atoms with Crippen LogP contribution in [0.4, 0.5) is 0 Å². The molecule has 0 bridgehead atoms. The second kappa shape index (κ2) is 36.2. The molecule has 0 aromatic rings. The average molecular weight is 348 g/mol. The third kappa shape index (κ3) is 254. The van der Waals surface area contributed by atoms with Crippen LogP contribution in [-0.4, -0.2) is 21.9 Å². The van der Waals surface area contributed by atoms with Gasteiger partial charge in [0, 0.05) is 0 Å². The van der Waals surface area contributed by atoms with Gasteiger partial charge < -0.3 is 37.1 Å².